The van der Waals surface area contributed by atoms with Crippen molar-refractivity contribution in [2.24, 2.45) is 11.7 Å². The first-order valence-electron chi connectivity index (χ1n) is 7.11. The first kappa shape index (κ1) is 19.7. The average molecular weight is 355 g/mol. The summed E-state index contributed by atoms with van der Waals surface area (Å²) in [7, 11) is 0. The van der Waals surface area contributed by atoms with Crippen molar-refractivity contribution >= 4 is 18.3 Å². The number of hydrogen-bond donors (Lipinski definition) is 1. The van der Waals surface area contributed by atoms with Gasteiger partial charge in [-0.05, 0) is 37.0 Å². The van der Waals surface area contributed by atoms with Crippen molar-refractivity contribution in [1.29, 1.82) is 0 Å². The standard InChI is InChI=1S/C15H18F4N2O.ClH/c1-9-2-3-21(13(4-9)8-20)14(22)10-5-11(15(17,18)19)7-12(16)6-10;/h5-7,9,13H,2-4,8,20H2,1H3;1H. The molecule has 130 valence electrons. The highest BCUT2D eigenvalue weighted by Gasteiger charge is 2.34. The fourth-order valence-electron chi connectivity index (χ4n) is 2.79. The molecule has 8 heteroatoms. The monoisotopic (exact) mass is 354 g/mol. The minimum absolute atomic E-state index is 0. The van der Waals surface area contributed by atoms with Crippen molar-refractivity contribution in [2.45, 2.75) is 32.0 Å². The second-order valence-corrected chi connectivity index (χ2v) is 5.74. The summed E-state index contributed by atoms with van der Waals surface area (Å²) < 4.78 is 51.6. The predicted octanol–water partition coefficient (Wildman–Crippen LogP) is 3.47. The van der Waals surface area contributed by atoms with Crippen LogP contribution in [0.5, 0.6) is 0 Å². The van der Waals surface area contributed by atoms with E-state index in [1.807, 2.05) is 6.92 Å². The summed E-state index contributed by atoms with van der Waals surface area (Å²) in [6.07, 6.45) is -3.24. The highest BCUT2D eigenvalue weighted by atomic mass is 35.5. The van der Waals surface area contributed by atoms with Gasteiger partial charge in [-0.25, -0.2) is 4.39 Å². The van der Waals surface area contributed by atoms with Crippen LogP contribution < -0.4 is 5.73 Å². The minimum atomic E-state index is -4.69. The molecule has 0 radical (unpaired) electrons. The van der Waals surface area contributed by atoms with Crippen LogP contribution in [-0.2, 0) is 6.18 Å². The topological polar surface area (TPSA) is 46.3 Å². The number of benzene rings is 1. The highest BCUT2D eigenvalue weighted by molar-refractivity contribution is 5.94. The number of halogens is 5. The molecular weight excluding hydrogens is 336 g/mol. The van der Waals surface area contributed by atoms with Crippen molar-refractivity contribution in [3.63, 3.8) is 0 Å². The van der Waals surface area contributed by atoms with Gasteiger partial charge in [-0.15, -0.1) is 12.4 Å². The Morgan fingerprint density at radius 2 is 2.00 bits per heavy atom. The molecule has 1 saturated heterocycles. The lowest BCUT2D eigenvalue weighted by molar-refractivity contribution is -0.137. The second-order valence-electron chi connectivity index (χ2n) is 5.74. The molecule has 1 aliphatic rings. The van der Waals surface area contributed by atoms with Gasteiger partial charge in [-0.1, -0.05) is 6.92 Å². The third-order valence-electron chi connectivity index (χ3n) is 3.98. The summed E-state index contributed by atoms with van der Waals surface area (Å²) in [5.74, 6) is -1.28. The third-order valence-corrected chi connectivity index (χ3v) is 3.98. The molecule has 0 spiro atoms. The van der Waals surface area contributed by atoms with Crippen molar-refractivity contribution < 1.29 is 22.4 Å². The maximum Gasteiger partial charge on any atom is 0.416 e. The van der Waals surface area contributed by atoms with Crippen LogP contribution in [0.2, 0.25) is 0 Å². The molecule has 3 nitrogen and oxygen atoms in total. The van der Waals surface area contributed by atoms with Crippen LogP contribution >= 0.6 is 12.4 Å². The number of nitrogens with zero attached hydrogens (tertiary/aromatic N) is 1. The number of amides is 1. The molecule has 23 heavy (non-hydrogen) atoms. The van der Waals surface area contributed by atoms with E-state index in [9.17, 15) is 22.4 Å². The zero-order chi connectivity index (χ0) is 16.5. The number of carbonyl (C=O) groups excluding carboxylic acids is 1. The largest absolute Gasteiger partial charge is 0.416 e. The molecule has 1 fully saturated rings. The minimum Gasteiger partial charge on any atom is -0.334 e. The first-order chi connectivity index (χ1) is 10.2. The van der Waals surface area contributed by atoms with Gasteiger partial charge in [0, 0.05) is 24.7 Å². The van der Waals surface area contributed by atoms with Gasteiger partial charge >= 0.3 is 6.18 Å². The van der Waals surface area contributed by atoms with Crippen molar-refractivity contribution in [2.75, 3.05) is 13.1 Å². The van der Waals surface area contributed by atoms with Gasteiger partial charge in [-0.2, -0.15) is 13.2 Å². The Hall–Kier alpha value is -1.34. The third kappa shape index (κ3) is 4.57. The van der Waals surface area contributed by atoms with E-state index in [1.54, 1.807) is 0 Å². The van der Waals surface area contributed by atoms with Gasteiger partial charge in [0.15, 0.2) is 0 Å². The number of hydrogen-bond acceptors (Lipinski definition) is 2. The molecule has 1 aliphatic heterocycles. The summed E-state index contributed by atoms with van der Waals surface area (Å²) in [4.78, 5) is 13.9. The second kappa shape index (κ2) is 7.49. The van der Waals surface area contributed by atoms with Gasteiger partial charge in [0.1, 0.15) is 5.82 Å². The van der Waals surface area contributed by atoms with E-state index >= 15 is 0 Å². The fourth-order valence-corrected chi connectivity index (χ4v) is 2.79. The Balaban J connectivity index is 0.00000264. The maximum atomic E-state index is 13.4. The van der Waals surface area contributed by atoms with Crippen molar-refractivity contribution in [1.82, 2.24) is 4.90 Å². The Bertz CT molecular complexity index is 565. The molecule has 1 heterocycles. The van der Waals surface area contributed by atoms with Crippen LogP contribution in [0.3, 0.4) is 0 Å². The van der Waals surface area contributed by atoms with Gasteiger partial charge in [-0.3, -0.25) is 4.79 Å². The van der Waals surface area contributed by atoms with Crippen LogP contribution in [0.15, 0.2) is 18.2 Å². The molecule has 0 bridgehead atoms. The van der Waals surface area contributed by atoms with Crippen LogP contribution in [-0.4, -0.2) is 29.9 Å². The molecule has 0 aromatic heterocycles. The molecule has 0 aliphatic carbocycles. The van der Waals surface area contributed by atoms with E-state index in [2.05, 4.69) is 0 Å². The lowest BCUT2D eigenvalue weighted by Crippen LogP contribution is -2.49. The van der Waals surface area contributed by atoms with E-state index in [4.69, 9.17) is 5.73 Å². The molecule has 0 saturated carbocycles. The number of alkyl halides is 3. The quantitative estimate of drug-likeness (QED) is 0.827. The average Bonchev–Trinajstić information content (AvgIpc) is 2.44. The highest BCUT2D eigenvalue weighted by Crippen LogP contribution is 2.31. The molecule has 2 atom stereocenters. The molecule has 2 rings (SSSR count). The summed E-state index contributed by atoms with van der Waals surface area (Å²) >= 11 is 0. The molecule has 2 N–H and O–H groups in total. The smallest absolute Gasteiger partial charge is 0.334 e. The number of rotatable bonds is 2. The van der Waals surface area contributed by atoms with Crippen LogP contribution in [0, 0.1) is 11.7 Å². The van der Waals surface area contributed by atoms with Gasteiger partial charge in [0.2, 0.25) is 0 Å². The summed E-state index contributed by atoms with van der Waals surface area (Å²) in [5.41, 5.74) is 4.20. The Morgan fingerprint density at radius 3 is 2.57 bits per heavy atom. The zero-order valence-electron chi connectivity index (χ0n) is 12.6. The Labute approximate surface area is 138 Å². The van der Waals surface area contributed by atoms with E-state index in [1.165, 1.54) is 4.90 Å². The van der Waals surface area contributed by atoms with E-state index in [-0.39, 0.29) is 30.6 Å². The molecule has 1 amide bonds. The molecular formula is C15H19ClF4N2O. The molecule has 1 aromatic rings. The fraction of sp³-hybridized carbons (Fsp3) is 0.533. The summed E-state index contributed by atoms with van der Waals surface area (Å²) in [6.45, 7) is 2.69. The van der Waals surface area contributed by atoms with Gasteiger partial charge < -0.3 is 10.6 Å². The molecule has 2 unspecified atom stereocenters. The zero-order valence-corrected chi connectivity index (χ0v) is 13.4. The van der Waals surface area contributed by atoms with Gasteiger partial charge in [0.05, 0.1) is 5.56 Å². The van der Waals surface area contributed by atoms with E-state index in [0.29, 0.717) is 31.0 Å². The summed E-state index contributed by atoms with van der Waals surface area (Å²) in [6, 6.07) is 1.68. The van der Waals surface area contributed by atoms with Crippen LogP contribution in [0.4, 0.5) is 17.6 Å². The SMILES string of the molecule is CC1CCN(C(=O)c2cc(F)cc(C(F)(F)F)c2)C(CN)C1.Cl. The van der Waals surface area contributed by atoms with Crippen LogP contribution in [0.1, 0.15) is 35.7 Å². The maximum absolute atomic E-state index is 13.4. The number of carbonyl (C=O) groups is 1. The van der Waals surface area contributed by atoms with E-state index < -0.39 is 23.5 Å². The Morgan fingerprint density at radius 1 is 1.35 bits per heavy atom. The lowest BCUT2D eigenvalue weighted by Gasteiger charge is -2.38. The normalized spacial score (nSPS) is 21.7. The van der Waals surface area contributed by atoms with E-state index in [0.717, 1.165) is 12.5 Å². The number of likely N-dealkylation sites (tertiary alicyclic amines) is 1. The van der Waals surface area contributed by atoms with Crippen molar-refractivity contribution in [3.8, 4) is 0 Å². The number of piperidine rings is 1. The molecule has 1 aromatic carbocycles. The lowest BCUT2D eigenvalue weighted by atomic mass is 9.91. The van der Waals surface area contributed by atoms with Crippen LogP contribution in [0.25, 0.3) is 0 Å². The summed E-state index contributed by atoms with van der Waals surface area (Å²) in [5, 5.41) is 0. The first-order valence-corrected chi connectivity index (χ1v) is 7.11. The number of nitrogens with two attached hydrogens (primary N) is 1. The Kier molecular flexibility index (Phi) is 6.41. The van der Waals surface area contributed by atoms with Gasteiger partial charge in [0.25, 0.3) is 5.91 Å². The predicted molar refractivity (Wildman–Crippen MR) is 80.9 cm³/mol. The van der Waals surface area contributed by atoms with Crippen molar-refractivity contribution in [3.05, 3.63) is 35.1 Å².